The van der Waals surface area contributed by atoms with Crippen LogP contribution in [-0.4, -0.2) is 24.1 Å². The van der Waals surface area contributed by atoms with Gasteiger partial charge in [0.15, 0.2) is 10.3 Å². The molecule has 0 amide bonds. The summed E-state index contributed by atoms with van der Waals surface area (Å²) in [5.41, 5.74) is 5.62. The molecule has 2 rings (SSSR count). The third-order valence-electron chi connectivity index (χ3n) is 1.86. The molecule has 1 aromatic heterocycles. The Morgan fingerprint density at radius 1 is 1.69 bits per heavy atom. The van der Waals surface area contributed by atoms with E-state index in [-0.39, 0.29) is 6.04 Å². The Hall–Kier alpha value is -0.830. The number of nitrogens with zero attached hydrogens (tertiary/aromatic N) is 3. The normalized spacial score (nSPS) is 16.8. The molecule has 0 spiro atoms. The highest BCUT2D eigenvalue weighted by molar-refractivity contribution is 7.16. The summed E-state index contributed by atoms with van der Waals surface area (Å²) in [5.74, 6) is 0. The average Bonchev–Trinajstić information content (AvgIpc) is 2.41. The maximum Gasteiger partial charge on any atom is 0.188 e. The molecule has 2 N–H and O–H groups in total. The molecule has 2 heterocycles. The Bertz CT molecular complexity index is 363. The zero-order chi connectivity index (χ0) is 9.42. The molecule has 0 aromatic carbocycles. The molecule has 1 aromatic rings. The molecular weight excluding hydrogens is 208 g/mol. The predicted octanol–water partition coefficient (Wildman–Crippen LogP) is 0.815. The van der Waals surface area contributed by atoms with Gasteiger partial charge in [-0.05, 0) is 0 Å². The van der Waals surface area contributed by atoms with Crippen molar-refractivity contribution in [2.45, 2.75) is 6.04 Å². The van der Waals surface area contributed by atoms with E-state index in [1.165, 1.54) is 11.3 Å². The number of thiazole rings is 1. The zero-order valence-corrected chi connectivity index (χ0v) is 8.27. The van der Waals surface area contributed by atoms with Crippen molar-refractivity contribution < 1.29 is 0 Å². The van der Waals surface area contributed by atoms with Crippen LogP contribution in [0.4, 0.5) is 5.13 Å². The lowest BCUT2D eigenvalue weighted by Gasteiger charge is -2.36. The van der Waals surface area contributed by atoms with Crippen molar-refractivity contribution in [1.82, 2.24) is 4.98 Å². The van der Waals surface area contributed by atoms with Gasteiger partial charge in [0.05, 0.1) is 0 Å². The number of halogens is 1. The highest BCUT2D eigenvalue weighted by atomic mass is 35.5. The van der Waals surface area contributed by atoms with Gasteiger partial charge in [-0.3, -0.25) is 0 Å². The summed E-state index contributed by atoms with van der Waals surface area (Å²) in [6.07, 6.45) is 0. The molecule has 1 aliphatic rings. The minimum Gasteiger partial charge on any atom is -0.345 e. The van der Waals surface area contributed by atoms with Gasteiger partial charge in [0.1, 0.15) is 10.9 Å². The summed E-state index contributed by atoms with van der Waals surface area (Å²) in [4.78, 5) is 6.56. The zero-order valence-electron chi connectivity index (χ0n) is 6.70. The molecule has 0 unspecified atom stereocenters. The van der Waals surface area contributed by atoms with Crippen LogP contribution in [0.15, 0.2) is 0 Å². The number of nitrogens with two attached hydrogens (primary N) is 1. The van der Waals surface area contributed by atoms with Crippen LogP contribution in [0, 0.1) is 11.3 Å². The molecule has 1 saturated heterocycles. The van der Waals surface area contributed by atoms with Gasteiger partial charge in [-0.25, -0.2) is 4.98 Å². The number of aromatic nitrogens is 1. The van der Waals surface area contributed by atoms with Crippen molar-refractivity contribution in [3.8, 4) is 6.07 Å². The molecule has 1 aliphatic heterocycles. The smallest absolute Gasteiger partial charge is 0.188 e. The minimum absolute atomic E-state index is 0.230. The van der Waals surface area contributed by atoms with Crippen LogP contribution >= 0.6 is 22.9 Å². The molecule has 13 heavy (non-hydrogen) atoms. The molecule has 0 radical (unpaired) electrons. The average molecular weight is 215 g/mol. The van der Waals surface area contributed by atoms with Crippen LogP contribution in [0.25, 0.3) is 0 Å². The Kier molecular flexibility index (Phi) is 2.12. The summed E-state index contributed by atoms with van der Waals surface area (Å²) in [6, 6.07) is 2.23. The quantitative estimate of drug-likeness (QED) is 0.752. The summed E-state index contributed by atoms with van der Waals surface area (Å²) in [6.45, 7) is 1.60. The van der Waals surface area contributed by atoms with Gasteiger partial charge < -0.3 is 10.6 Å². The lowest BCUT2D eigenvalue weighted by atomic mass is 10.1. The molecule has 0 atom stereocenters. The number of hydrogen-bond donors (Lipinski definition) is 1. The molecule has 68 valence electrons. The van der Waals surface area contributed by atoms with E-state index in [0.29, 0.717) is 10.0 Å². The lowest BCUT2D eigenvalue weighted by Crippen LogP contribution is -2.55. The van der Waals surface area contributed by atoms with Crippen LogP contribution in [0.1, 0.15) is 4.88 Å². The maximum absolute atomic E-state index is 8.65. The Balaban J connectivity index is 2.19. The van der Waals surface area contributed by atoms with Gasteiger partial charge in [-0.1, -0.05) is 22.9 Å². The number of rotatable bonds is 1. The second-order valence-corrected chi connectivity index (χ2v) is 4.23. The van der Waals surface area contributed by atoms with Gasteiger partial charge in [0, 0.05) is 19.1 Å². The third-order valence-corrected chi connectivity index (χ3v) is 3.26. The van der Waals surface area contributed by atoms with Crippen molar-refractivity contribution in [3.05, 3.63) is 10.0 Å². The highest BCUT2D eigenvalue weighted by Crippen LogP contribution is 2.30. The number of hydrogen-bond acceptors (Lipinski definition) is 5. The second-order valence-electron chi connectivity index (χ2n) is 2.89. The van der Waals surface area contributed by atoms with Crippen LogP contribution in [0.3, 0.4) is 0 Å². The Morgan fingerprint density at radius 2 is 2.38 bits per heavy atom. The van der Waals surface area contributed by atoms with E-state index in [0.717, 1.165) is 18.2 Å². The fourth-order valence-corrected chi connectivity index (χ4v) is 2.23. The fourth-order valence-electron chi connectivity index (χ4n) is 1.16. The van der Waals surface area contributed by atoms with E-state index in [1.807, 2.05) is 11.0 Å². The van der Waals surface area contributed by atoms with Crippen molar-refractivity contribution >= 4 is 28.1 Å². The van der Waals surface area contributed by atoms with E-state index in [9.17, 15) is 0 Å². The fraction of sp³-hybridized carbons (Fsp3) is 0.429. The molecule has 1 fully saturated rings. The first-order valence-electron chi connectivity index (χ1n) is 3.77. The Morgan fingerprint density at radius 3 is 2.85 bits per heavy atom. The molecular formula is C7H7ClN4S. The highest BCUT2D eigenvalue weighted by Gasteiger charge is 2.26. The van der Waals surface area contributed by atoms with Crippen molar-refractivity contribution in [2.75, 3.05) is 18.0 Å². The predicted molar refractivity (Wildman–Crippen MR) is 52.0 cm³/mol. The Labute approximate surface area is 84.5 Å². The summed E-state index contributed by atoms with van der Waals surface area (Å²) < 4.78 is 0. The van der Waals surface area contributed by atoms with E-state index < -0.39 is 0 Å². The summed E-state index contributed by atoms with van der Waals surface area (Å²) >= 11 is 7.04. The van der Waals surface area contributed by atoms with E-state index in [4.69, 9.17) is 22.6 Å². The molecule has 0 bridgehead atoms. The lowest BCUT2D eigenvalue weighted by molar-refractivity contribution is 0.518. The first kappa shape index (κ1) is 8.75. The van der Waals surface area contributed by atoms with Crippen molar-refractivity contribution in [3.63, 3.8) is 0 Å². The van der Waals surface area contributed by atoms with E-state index >= 15 is 0 Å². The van der Waals surface area contributed by atoms with Crippen LogP contribution < -0.4 is 10.6 Å². The van der Waals surface area contributed by atoms with Gasteiger partial charge in [-0.15, -0.1) is 0 Å². The SMILES string of the molecule is N#Cc1sc(N2CC(N)C2)nc1Cl. The number of nitriles is 1. The first-order chi connectivity index (χ1) is 6.20. The molecule has 4 nitrogen and oxygen atoms in total. The van der Waals surface area contributed by atoms with Gasteiger partial charge in [0.2, 0.25) is 0 Å². The number of anilines is 1. The monoisotopic (exact) mass is 214 g/mol. The van der Waals surface area contributed by atoms with E-state index in [1.54, 1.807) is 0 Å². The van der Waals surface area contributed by atoms with Crippen molar-refractivity contribution in [1.29, 1.82) is 5.26 Å². The molecule has 0 aliphatic carbocycles. The van der Waals surface area contributed by atoms with Crippen LogP contribution in [0.2, 0.25) is 5.15 Å². The van der Waals surface area contributed by atoms with Gasteiger partial charge in [0.25, 0.3) is 0 Å². The largest absolute Gasteiger partial charge is 0.345 e. The molecule has 0 saturated carbocycles. The summed E-state index contributed by atoms with van der Waals surface area (Å²) in [7, 11) is 0. The van der Waals surface area contributed by atoms with E-state index in [2.05, 4.69) is 4.98 Å². The minimum atomic E-state index is 0.230. The standard InChI is InChI=1S/C7H7ClN4S/c8-6-5(1-9)13-7(11-6)12-2-4(10)3-12/h4H,2-3,10H2. The van der Waals surface area contributed by atoms with Crippen LogP contribution in [-0.2, 0) is 0 Å². The van der Waals surface area contributed by atoms with Crippen molar-refractivity contribution in [2.24, 2.45) is 5.73 Å². The van der Waals surface area contributed by atoms with Gasteiger partial charge >= 0.3 is 0 Å². The third kappa shape index (κ3) is 1.48. The molecule has 6 heteroatoms. The maximum atomic E-state index is 8.65. The van der Waals surface area contributed by atoms with Crippen LogP contribution in [0.5, 0.6) is 0 Å². The first-order valence-corrected chi connectivity index (χ1v) is 4.97. The topological polar surface area (TPSA) is 65.9 Å². The second kappa shape index (κ2) is 3.14. The van der Waals surface area contributed by atoms with Gasteiger partial charge in [-0.2, -0.15) is 5.26 Å². The summed E-state index contributed by atoms with van der Waals surface area (Å²) in [5, 5.41) is 9.74.